The van der Waals surface area contributed by atoms with E-state index in [4.69, 9.17) is 15.9 Å². The van der Waals surface area contributed by atoms with Crippen LogP contribution < -0.4 is 9.64 Å². The van der Waals surface area contributed by atoms with Gasteiger partial charge in [0.1, 0.15) is 22.8 Å². The van der Waals surface area contributed by atoms with Gasteiger partial charge in [0.25, 0.3) is 0 Å². The summed E-state index contributed by atoms with van der Waals surface area (Å²) >= 11 is 0. The quantitative estimate of drug-likeness (QED) is 0.388. The molecule has 0 radical (unpaired) electrons. The van der Waals surface area contributed by atoms with E-state index in [-0.39, 0.29) is 28.9 Å². The van der Waals surface area contributed by atoms with Crippen LogP contribution in [-0.2, 0) is 4.74 Å². The zero-order valence-corrected chi connectivity index (χ0v) is 19.7. The Morgan fingerprint density at radius 3 is 2.83 bits per heavy atom. The number of halogens is 2. The summed E-state index contributed by atoms with van der Waals surface area (Å²) in [5.74, 6) is 1.75. The van der Waals surface area contributed by atoms with Gasteiger partial charge in [0.05, 0.1) is 24.2 Å². The fourth-order valence-electron chi connectivity index (χ4n) is 4.65. The average molecular weight is 475 g/mol. The minimum Gasteiger partial charge on any atom is -0.467 e. The SMILES string of the molecule is C#Cc1c(F)ccc2cc(C)cc(-c3ncc4c(N5CCCOC(C)C5)nc(OC)nc4c3F)c12. The van der Waals surface area contributed by atoms with Gasteiger partial charge in [0.15, 0.2) is 5.82 Å². The minimum atomic E-state index is -0.650. The monoisotopic (exact) mass is 474 g/mol. The van der Waals surface area contributed by atoms with Gasteiger partial charge in [0, 0.05) is 36.8 Å². The highest BCUT2D eigenvalue weighted by atomic mass is 19.1. The number of nitrogens with zero attached hydrogens (tertiary/aromatic N) is 4. The molecule has 6 nitrogen and oxygen atoms in total. The molecule has 2 aromatic carbocycles. The van der Waals surface area contributed by atoms with Gasteiger partial charge in [-0.2, -0.15) is 9.97 Å². The predicted octanol–water partition coefficient (Wildman–Crippen LogP) is 5.04. The molecule has 0 spiro atoms. The third-order valence-electron chi connectivity index (χ3n) is 6.19. The molecule has 1 unspecified atom stereocenters. The van der Waals surface area contributed by atoms with Crippen molar-refractivity contribution in [2.45, 2.75) is 26.4 Å². The Labute approximate surface area is 201 Å². The van der Waals surface area contributed by atoms with Crippen LogP contribution >= 0.6 is 0 Å². The summed E-state index contributed by atoms with van der Waals surface area (Å²) in [6.07, 6.45) is 7.99. The number of anilines is 1. The van der Waals surface area contributed by atoms with E-state index >= 15 is 4.39 Å². The predicted molar refractivity (Wildman–Crippen MR) is 132 cm³/mol. The van der Waals surface area contributed by atoms with Crippen LogP contribution in [0.25, 0.3) is 32.9 Å². The normalized spacial score (nSPS) is 16.3. The van der Waals surface area contributed by atoms with Crippen molar-refractivity contribution in [1.29, 1.82) is 0 Å². The van der Waals surface area contributed by atoms with Gasteiger partial charge in [0.2, 0.25) is 0 Å². The standard InChI is InChI=1S/C27H24F2N4O2/c1-5-18-21(28)8-7-17-11-15(2)12-19(22(17)18)24-23(29)25-20(13-30-24)26(32-27(31-25)34-4)33-9-6-10-35-16(3)14-33/h1,7-8,11-13,16H,6,9-10,14H2,2-4H3. The van der Waals surface area contributed by atoms with E-state index in [1.54, 1.807) is 18.3 Å². The van der Waals surface area contributed by atoms with Crippen LogP contribution in [0.1, 0.15) is 24.5 Å². The van der Waals surface area contributed by atoms with E-state index in [1.807, 2.05) is 24.8 Å². The molecular weight excluding hydrogens is 450 g/mol. The highest BCUT2D eigenvalue weighted by molar-refractivity contribution is 6.02. The molecule has 3 heterocycles. The molecule has 8 heteroatoms. The lowest BCUT2D eigenvalue weighted by molar-refractivity contribution is 0.0820. The van der Waals surface area contributed by atoms with Crippen LogP contribution in [0.3, 0.4) is 0 Å². The fourth-order valence-corrected chi connectivity index (χ4v) is 4.65. The smallest absolute Gasteiger partial charge is 0.318 e. The molecule has 1 saturated heterocycles. The van der Waals surface area contributed by atoms with Gasteiger partial charge in [-0.15, -0.1) is 6.42 Å². The van der Waals surface area contributed by atoms with Crippen LogP contribution in [0.5, 0.6) is 6.01 Å². The third-order valence-corrected chi connectivity index (χ3v) is 6.19. The second-order valence-electron chi connectivity index (χ2n) is 8.68. The maximum Gasteiger partial charge on any atom is 0.318 e. The molecule has 0 bridgehead atoms. The second-order valence-corrected chi connectivity index (χ2v) is 8.68. The number of fused-ring (bicyclic) bond motifs is 2. The van der Waals surface area contributed by atoms with E-state index in [1.165, 1.54) is 13.2 Å². The van der Waals surface area contributed by atoms with Crippen molar-refractivity contribution in [2.24, 2.45) is 0 Å². The van der Waals surface area contributed by atoms with E-state index in [0.717, 1.165) is 12.0 Å². The maximum absolute atomic E-state index is 16.2. The van der Waals surface area contributed by atoms with E-state index in [0.29, 0.717) is 47.2 Å². The number of rotatable bonds is 3. The first-order valence-electron chi connectivity index (χ1n) is 11.4. The molecule has 0 N–H and O–H groups in total. The van der Waals surface area contributed by atoms with Gasteiger partial charge >= 0.3 is 6.01 Å². The number of pyridine rings is 1. The maximum atomic E-state index is 16.2. The molecule has 1 aliphatic rings. The molecule has 1 atom stereocenters. The number of benzene rings is 2. The van der Waals surface area contributed by atoms with Gasteiger partial charge in [-0.25, -0.2) is 8.78 Å². The summed E-state index contributed by atoms with van der Waals surface area (Å²) in [6.45, 7) is 5.79. The van der Waals surface area contributed by atoms with Crippen LogP contribution in [0.2, 0.25) is 0 Å². The number of aromatic nitrogens is 3. The third kappa shape index (κ3) is 4.02. The first-order chi connectivity index (χ1) is 16.9. The van der Waals surface area contributed by atoms with Crippen molar-refractivity contribution < 1.29 is 18.3 Å². The lowest BCUT2D eigenvalue weighted by atomic mass is 9.94. The largest absolute Gasteiger partial charge is 0.467 e. The highest BCUT2D eigenvalue weighted by Gasteiger charge is 2.24. The zero-order valence-electron chi connectivity index (χ0n) is 19.7. The number of methoxy groups -OCH3 is 1. The van der Waals surface area contributed by atoms with Crippen molar-refractivity contribution in [3.63, 3.8) is 0 Å². The van der Waals surface area contributed by atoms with Crippen LogP contribution in [-0.4, -0.2) is 47.9 Å². The van der Waals surface area contributed by atoms with Gasteiger partial charge in [-0.3, -0.25) is 4.98 Å². The van der Waals surface area contributed by atoms with Crippen molar-refractivity contribution >= 4 is 27.5 Å². The number of aryl methyl sites for hydroxylation is 1. The summed E-state index contributed by atoms with van der Waals surface area (Å²) in [7, 11) is 1.44. The van der Waals surface area contributed by atoms with Gasteiger partial charge < -0.3 is 14.4 Å². The Morgan fingerprint density at radius 2 is 2.06 bits per heavy atom. The van der Waals surface area contributed by atoms with E-state index < -0.39 is 11.6 Å². The van der Waals surface area contributed by atoms with E-state index in [9.17, 15) is 4.39 Å². The van der Waals surface area contributed by atoms with Crippen molar-refractivity contribution in [3.8, 4) is 29.6 Å². The zero-order chi connectivity index (χ0) is 24.7. The lowest BCUT2D eigenvalue weighted by Gasteiger charge is -2.24. The molecule has 0 saturated carbocycles. The summed E-state index contributed by atoms with van der Waals surface area (Å²) in [5, 5.41) is 1.60. The molecule has 2 aromatic heterocycles. The Balaban J connectivity index is 1.78. The molecular formula is C27H24F2N4O2. The molecule has 0 amide bonds. The van der Waals surface area contributed by atoms with Crippen LogP contribution in [0.4, 0.5) is 14.6 Å². The second kappa shape index (κ2) is 9.08. The van der Waals surface area contributed by atoms with Crippen LogP contribution in [0.15, 0.2) is 30.5 Å². The summed E-state index contributed by atoms with van der Waals surface area (Å²) in [6, 6.07) is 6.64. The highest BCUT2D eigenvalue weighted by Crippen LogP contribution is 2.37. The molecule has 35 heavy (non-hydrogen) atoms. The number of terminal acetylenes is 1. The van der Waals surface area contributed by atoms with Crippen LogP contribution in [0, 0.1) is 30.9 Å². The lowest BCUT2D eigenvalue weighted by Crippen LogP contribution is -2.31. The summed E-state index contributed by atoms with van der Waals surface area (Å²) < 4.78 is 41.8. The fraction of sp³-hybridized carbons (Fsp3) is 0.296. The molecule has 4 aromatic rings. The molecule has 178 valence electrons. The first kappa shape index (κ1) is 22.9. The van der Waals surface area contributed by atoms with Crippen molar-refractivity contribution in [1.82, 2.24) is 15.0 Å². The van der Waals surface area contributed by atoms with Crippen molar-refractivity contribution in [2.75, 3.05) is 31.7 Å². The molecule has 1 aliphatic heterocycles. The number of hydrogen-bond acceptors (Lipinski definition) is 6. The molecule has 1 fully saturated rings. The first-order valence-corrected chi connectivity index (χ1v) is 11.4. The number of ether oxygens (including phenoxy) is 2. The molecule has 0 aliphatic carbocycles. The number of hydrogen-bond donors (Lipinski definition) is 0. The average Bonchev–Trinajstić information content (AvgIpc) is 3.07. The Bertz CT molecular complexity index is 1500. The van der Waals surface area contributed by atoms with Gasteiger partial charge in [-0.05, 0) is 43.4 Å². The van der Waals surface area contributed by atoms with Gasteiger partial charge in [-0.1, -0.05) is 18.1 Å². The topological polar surface area (TPSA) is 60.4 Å². The molecule has 5 rings (SSSR count). The minimum absolute atomic E-state index is 0.0127. The van der Waals surface area contributed by atoms with E-state index in [2.05, 4.69) is 20.9 Å². The summed E-state index contributed by atoms with van der Waals surface area (Å²) in [5.41, 5.74) is 1.44. The Hall–Kier alpha value is -3.83. The Morgan fingerprint density at radius 1 is 1.23 bits per heavy atom. The van der Waals surface area contributed by atoms with Crippen molar-refractivity contribution in [3.05, 3.63) is 53.2 Å². The summed E-state index contributed by atoms with van der Waals surface area (Å²) in [4.78, 5) is 15.4. The Kier molecular flexibility index (Phi) is 5.95.